The van der Waals surface area contributed by atoms with Crippen LogP contribution < -0.4 is 5.32 Å². The molecule has 0 bridgehead atoms. The number of amides is 1. The van der Waals surface area contributed by atoms with Crippen molar-refractivity contribution in [2.45, 2.75) is 6.92 Å². The number of halogens is 1. The maximum atomic E-state index is 12.6. The second kappa shape index (κ2) is 6.03. The van der Waals surface area contributed by atoms with Gasteiger partial charge >= 0.3 is 0 Å². The van der Waals surface area contributed by atoms with Crippen molar-refractivity contribution in [3.05, 3.63) is 65.2 Å². The molecular weight excluding hydrogens is 340 g/mol. The summed E-state index contributed by atoms with van der Waals surface area (Å²) < 4.78 is 1.55. The van der Waals surface area contributed by atoms with Crippen LogP contribution in [0.3, 0.4) is 0 Å². The highest BCUT2D eigenvalue weighted by molar-refractivity contribution is 6.31. The van der Waals surface area contributed by atoms with Gasteiger partial charge in [-0.15, -0.1) is 0 Å². The second-order valence-corrected chi connectivity index (χ2v) is 5.92. The Hall–Kier alpha value is -3.19. The average molecular weight is 353 g/mol. The summed E-state index contributed by atoms with van der Waals surface area (Å²) in [6.07, 6.45) is 6.46. The third kappa shape index (κ3) is 2.74. The van der Waals surface area contributed by atoms with Crippen LogP contribution in [0.1, 0.15) is 15.9 Å². The van der Waals surface area contributed by atoms with Gasteiger partial charge in [-0.3, -0.25) is 9.89 Å². The lowest BCUT2D eigenvalue weighted by atomic mass is 10.1. The van der Waals surface area contributed by atoms with Crippen LogP contribution in [0.4, 0.5) is 5.69 Å². The van der Waals surface area contributed by atoms with Gasteiger partial charge in [0, 0.05) is 29.2 Å². The highest BCUT2D eigenvalue weighted by atomic mass is 35.5. The number of carbonyl (C=O) groups is 1. The van der Waals surface area contributed by atoms with Crippen LogP contribution in [-0.4, -0.2) is 30.7 Å². The molecule has 1 amide bonds. The minimum absolute atomic E-state index is 0.311. The fourth-order valence-electron chi connectivity index (χ4n) is 2.52. The number of hydrogen-bond acceptors (Lipinski definition) is 4. The summed E-state index contributed by atoms with van der Waals surface area (Å²) in [7, 11) is 0. The first kappa shape index (κ1) is 15.3. The molecule has 0 fully saturated rings. The average Bonchev–Trinajstić information content (AvgIpc) is 3.24. The number of nitrogens with zero attached hydrogens (tertiary/aromatic N) is 4. The van der Waals surface area contributed by atoms with Crippen LogP contribution in [0.25, 0.3) is 16.9 Å². The van der Waals surface area contributed by atoms with Gasteiger partial charge in [-0.2, -0.15) is 10.2 Å². The molecule has 0 radical (unpaired) electrons. The molecule has 124 valence electrons. The number of aromatic nitrogens is 5. The van der Waals surface area contributed by atoms with E-state index < -0.39 is 0 Å². The van der Waals surface area contributed by atoms with Crippen molar-refractivity contribution in [3.63, 3.8) is 0 Å². The number of aromatic amines is 1. The molecule has 0 aliphatic rings. The lowest BCUT2D eigenvalue weighted by Gasteiger charge is -2.06. The van der Waals surface area contributed by atoms with Crippen molar-refractivity contribution in [1.29, 1.82) is 0 Å². The van der Waals surface area contributed by atoms with Gasteiger partial charge in [0.2, 0.25) is 0 Å². The topological polar surface area (TPSA) is 88.0 Å². The highest BCUT2D eigenvalue weighted by Crippen LogP contribution is 2.29. The summed E-state index contributed by atoms with van der Waals surface area (Å²) in [5, 5.41) is 14.6. The van der Waals surface area contributed by atoms with Crippen molar-refractivity contribution < 1.29 is 4.79 Å². The van der Waals surface area contributed by atoms with Gasteiger partial charge < -0.3 is 5.32 Å². The van der Waals surface area contributed by atoms with E-state index in [0.29, 0.717) is 27.6 Å². The first-order chi connectivity index (χ1) is 12.1. The molecule has 3 aromatic heterocycles. The van der Waals surface area contributed by atoms with Gasteiger partial charge in [0.25, 0.3) is 5.91 Å². The lowest BCUT2D eigenvalue weighted by Crippen LogP contribution is -2.12. The van der Waals surface area contributed by atoms with E-state index in [4.69, 9.17) is 11.6 Å². The molecule has 4 rings (SSSR count). The van der Waals surface area contributed by atoms with Crippen LogP contribution in [0, 0.1) is 6.92 Å². The van der Waals surface area contributed by atoms with E-state index in [2.05, 4.69) is 25.6 Å². The SMILES string of the molecule is Cc1ccc(-c2n[nH]cc2NC(=O)c2cnn3cccnc23)cc1Cl. The van der Waals surface area contributed by atoms with E-state index in [0.717, 1.165) is 11.1 Å². The molecule has 0 spiro atoms. The van der Waals surface area contributed by atoms with E-state index in [1.54, 1.807) is 29.2 Å². The molecule has 0 saturated carbocycles. The quantitative estimate of drug-likeness (QED) is 0.592. The van der Waals surface area contributed by atoms with E-state index >= 15 is 0 Å². The second-order valence-electron chi connectivity index (χ2n) is 5.51. The Morgan fingerprint density at radius 3 is 3.08 bits per heavy atom. The van der Waals surface area contributed by atoms with E-state index in [9.17, 15) is 4.79 Å². The lowest BCUT2D eigenvalue weighted by molar-refractivity contribution is 0.102. The summed E-state index contributed by atoms with van der Waals surface area (Å²) >= 11 is 6.19. The molecule has 2 N–H and O–H groups in total. The highest BCUT2D eigenvalue weighted by Gasteiger charge is 2.17. The Morgan fingerprint density at radius 2 is 2.24 bits per heavy atom. The Labute approximate surface area is 147 Å². The number of hydrogen-bond donors (Lipinski definition) is 2. The van der Waals surface area contributed by atoms with Gasteiger partial charge in [-0.05, 0) is 24.6 Å². The van der Waals surface area contributed by atoms with Crippen LogP contribution in [0.15, 0.2) is 49.1 Å². The first-order valence-corrected chi connectivity index (χ1v) is 7.91. The zero-order valence-corrected chi connectivity index (χ0v) is 13.9. The van der Waals surface area contributed by atoms with Gasteiger partial charge in [-0.1, -0.05) is 23.7 Å². The minimum atomic E-state index is -0.311. The number of anilines is 1. The van der Waals surface area contributed by atoms with Crippen molar-refractivity contribution in [3.8, 4) is 11.3 Å². The Bertz CT molecular complexity index is 1080. The fourth-order valence-corrected chi connectivity index (χ4v) is 2.70. The molecule has 0 atom stereocenters. The van der Waals surface area contributed by atoms with Gasteiger partial charge in [-0.25, -0.2) is 9.50 Å². The Balaban J connectivity index is 1.67. The normalized spacial score (nSPS) is 11.0. The monoisotopic (exact) mass is 352 g/mol. The van der Waals surface area contributed by atoms with Crippen LogP contribution in [-0.2, 0) is 0 Å². The predicted molar refractivity (Wildman–Crippen MR) is 94.7 cm³/mol. The number of H-pyrrole nitrogens is 1. The maximum Gasteiger partial charge on any atom is 0.261 e. The van der Waals surface area contributed by atoms with Crippen molar-refractivity contribution in [1.82, 2.24) is 24.8 Å². The van der Waals surface area contributed by atoms with Crippen LogP contribution in [0.2, 0.25) is 5.02 Å². The number of benzene rings is 1. The van der Waals surface area contributed by atoms with E-state index in [-0.39, 0.29) is 5.91 Å². The molecular formula is C17H13ClN6O. The van der Waals surface area contributed by atoms with Crippen LogP contribution in [0.5, 0.6) is 0 Å². The zero-order chi connectivity index (χ0) is 17.4. The first-order valence-electron chi connectivity index (χ1n) is 7.53. The van der Waals surface area contributed by atoms with Crippen LogP contribution >= 0.6 is 11.6 Å². The molecule has 8 heteroatoms. The minimum Gasteiger partial charge on any atom is -0.319 e. The largest absolute Gasteiger partial charge is 0.319 e. The van der Waals surface area contributed by atoms with E-state index in [1.165, 1.54) is 6.20 Å². The number of fused-ring (bicyclic) bond motifs is 1. The molecule has 0 saturated heterocycles. The number of nitrogens with one attached hydrogen (secondary N) is 2. The maximum absolute atomic E-state index is 12.6. The van der Waals surface area contributed by atoms with E-state index in [1.807, 2.05) is 25.1 Å². The molecule has 25 heavy (non-hydrogen) atoms. The molecule has 1 aromatic carbocycles. The predicted octanol–water partition coefficient (Wildman–Crippen LogP) is 3.33. The molecule has 3 heterocycles. The smallest absolute Gasteiger partial charge is 0.261 e. The van der Waals surface area contributed by atoms with Gasteiger partial charge in [0.15, 0.2) is 5.65 Å². The van der Waals surface area contributed by atoms with Gasteiger partial charge in [0.1, 0.15) is 11.3 Å². The van der Waals surface area contributed by atoms with Gasteiger partial charge in [0.05, 0.1) is 11.9 Å². The molecule has 7 nitrogen and oxygen atoms in total. The number of aryl methyl sites for hydroxylation is 1. The van der Waals surface area contributed by atoms with Crippen molar-refractivity contribution >= 4 is 28.8 Å². The Morgan fingerprint density at radius 1 is 1.36 bits per heavy atom. The summed E-state index contributed by atoms with van der Waals surface area (Å²) in [4.78, 5) is 16.8. The van der Waals surface area contributed by atoms with Crippen molar-refractivity contribution in [2.24, 2.45) is 0 Å². The number of carbonyl (C=O) groups excluding carboxylic acids is 1. The summed E-state index contributed by atoms with van der Waals surface area (Å²) in [6, 6.07) is 7.38. The van der Waals surface area contributed by atoms with Crippen molar-refractivity contribution in [2.75, 3.05) is 5.32 Å². The molecule has 0 aliphatic heterocycles. The summed E-state index contributed by atoms with van der Waals surface area (Å²) in [6.45, 7) is 1.93. The standard InChI is InChI=1S/C17H13ClN6O/c1-10-3-4-11(7-13(10)18)15-14(9-20-23-15)22-17(25)12-8-21-24-6-2-5-19-16(12)24/h2-9H,1H3,(H,20,23)(H,22,25). The third-order valence-corrected chi connectivity index (χ3v) is 4.26. The third-order valence-electron chi connectivity index (χ3n) is 3.86. The summed E-state index contributed by atoms with van der Waals surface area (Å²) in [5.41, 5.74) is 3.83. The molecule has 0 unspecified atom stereocenters. The molecule has 0 aliphatic carbocycles. The Kier molecular flexibility index (Phi) is 3.70. The molecule has 4 aromatic rings. The fraction of sp³-hybridized carbons (Fsp3) is 0.0588. The summed E-state index contributed by atoms with van der Waals surface area (Å²) in [5.74, 6) is -0.311. The zero-order valence-electron chi connectivity index (χ0n) is 13.2. The number of rotatable bonds is 3.